The van der Waals surface area contributed by atoms with E-state index in [0.717, 1.165) is 16.6 Å². The molecule has 1 fully saturated rings. The van der Waals surface area contributed by atoms with Gasteiger partial charge >= 0.3 is 11.6 Å². The first kappa shape index (κ1) is 59.2. The minimum atomic E-state index is -0.626. The Kier molecular flexibility index (Phi) is 33.1. The third-order valence-corrected chi connectivity index (χ3v) is 10.3. The summed E-state index contributed by atoms with van der Waals surface area (Å²) in [6.07, 6.45) is 2.31. The number of anilines is 1. The number of unbranched alkanes of at least 4 members (excludes halogenated alkanes) is 2. The standard InChI is InChI=1S/C48H77N3O18/c1-39(37-43-40(2)42-9-8-41(49)38-44(42)68-48(43)55)50(12-6-4-5-7-47(54)69-51-45(52)10-11-46(51)53)13-14-57-17-18-59-21-22-61-25-26-63-29-30-65-33-34-67-36-35-66-32-31-64-28-27-62-24-23-60-20-19-58-16-15-56-3/h8-9,38H,1,4-7,10-37,49H2,2-3H3. The average molecular weight is 984 g/mol. The van der Waals surface area contributed by atoms with E-state index in [1.807, 2.05) is 13.0 Å². The number of nitrogens with zero attached hydrogens (tertiary/aromatic N) is 2. The van der Waals surface area contributed by atoms with Crippen LogP contribution in [0.15, 0.2) is 39.7 Å². The summed E-state index contributed by atoms with van der Waals surface area (Å²) < 4.78 is 71.4. The number of amides is 2. The second-order valence-corrected chi connectivity index (χ2v) is 15.6. The highest BCUT2D eigenvalue weighted by molar-refractivity contribution is 6.01. The molecule has 21 heteroatoms. The maximum Gasteiger partial charge on any atom is 0.340 e. The van der Waals surface area contributed by atoms with Gasteiger partial charge in [0.1, 0.15) is 5.58 Å². The number of methoxy groups -OCH3 is 1. The number of hydrogen-bond acceptors (Lipinski definition) is 20. The number of rotatable bonds is 46. The van der Waals surface area contributed by atoms with Gasteiger partial charge in [0.2, 0.25) is 0 Å². The molecule has 0 spiro atoms. The molecule has 1 saturated heterocycles. The van der Waals surface area contributed by atoms with Crippen LogP contribution in [0.5, 0.6) is 0 Å². The van der Waals surface area contributed by atoms with Crippen molar-refractivity contribution in [3.63, 3.8) is 0 Å². The lowest BCUT2D eigenvalue weighted by atomic mass is 10.0. The van der Waals surface area contributed by atoms with Gasteiger partial charge < -0.3 is 76.7 Å². The van der Waals surface area contributed by atoms with Gasteiger partial charge in [-0.05, 0) is 37.5 Å². The van der Waals surface area contributed by atoms with Crippen LogP contribution in [0.4, 0.5) is 5.69 Å². The number of allylic oxidation sites excluding steroid dienone is 1. The van der Waals surface area contributed by atoms with Crippen LogP contribution in [0, 0.1) is 6.92 Å². The van der Waals surface area contributed by atoms with Gasteiger partial charge in [0, 0.05) is 74.3 Å². The van der Waals surface area contributed by atoms with E-state index in [-0.39, 0.29) is 25.7 Å². The zero-order chi connectivity index (χ0) is 49.6. The van der Waals surface area contributed by atoms with Gasteiger partial charge in [-0.1, -0.05) is 13.0 Å². The molecule has 1 aliphatic heterocycles. The lowest BCUT2D eigenvalue weighted by Crippen LogP contribution is -2.32. The highest BCUT2D eigenvalue weighted by Crippen LogP contribution is 2.24. The summed E-state index contributed by atoms with van der Waals surface area (Å²) in [5, 5.41) is 1.36. The number of fused-ring (bicyclic) bond motifs is 1. The van der Waals surface area contributed by atoms with Crippen LogP contribution < -0.4 is 11.4 Å². The predicted octanol–water partition coefficient (Wildman–Crippen LogP) is 3.04. The van der Waals surface area contributed by atoms with Crippen molar-refractivity contribution in [1.82, 2.24) is 9.96 Å². The largest absolute Gasteiger partial charge is 0.422 e. The molecule has 3 rings (SSSR count). The molecule has 0 unspecified atom stereocenters. The molecule has 2 aromatic rings. The molecule has 1 aromatic heterocycles. The molecule has 392 valence electrons. The normalized spacial score (nSPS) is 12.8. The Bertz CT molecular complexity index is 1760. The maximum absolute atomic E-state index is 13.0. The van der Waals surface area contributed by atoms with Crippen molar-refractivity contribution in [3.05, 3.63) is 52.0 Å². The van der Waals surface area contributed by atoms with Crippen LogP contribution in [0.3, 0.4) is 0 Å². The fraction of sp³-hybridized carbons (Fsp3) is 0.708. The number of carbonyl (C=O) groups is 3. The Morgan fingerprint density at radius 3 is 1.46 bits per heavy atom. The van der Waals surface area contributed by atoms with Crippen molar-refractivity contribution < 1.29 is 80.5 Å². The average Bonchev–Trinajstić information content (AvgIpc) is 3.65. The summed E-state index contributed by atoms with van der Waals surface area (Å²) in [5.41, 5.74) is 8.42. The van der Waals surface area contributed by atoms with Gasteiger partial charge in [-0.3, -0.25) is 9.59 Å². The van der Waals surface area contributed by atoms with Crippen LogP contribution >= 0.6 is 0 Å². The number of hydroxylamine groups is 2. The van der Waals surface area contributed by atoms with E-state index in [1.54, 1.807) is 19.2 Å². The number of hydrogen-bond donors (Lipinski definition) is 1. The molecule has 0 radical (unpaired) electrons. The summed E-state index contributed by atoms with van der Waals surface area (Å²) >= 11 is 0. The molecule has 2 N–H and O–H groups in total. The summed E-state index contributed by atoms with van der Waals surface area (Å²) in [6.45, 7) is 18.1. The van der Waals surface area contributed by atoms with Gasteiger partial charge in [0.15, 0.2) is 0 Å². The van der Waals surface area contributed by atoms with Gasteiger partial charge in [-0.15, -0.1) is 5.06 Å². The minimum absolute atomic E-state index is 0.0449. The Hall–Kier alpha value is -4.10. The number of aryl methyl sites for hydroxylation is 1. The second-order valence-electron chi connectivity index (χ2n) is 15.6. The van der Waals surface area contributed by atoms with Gasteiger partial charge in [-0.25, -0.2) is 9.59 Å². The van der Waals surface area contributed by atoms with E-state index in [1.165, 1.54) is 0 Å². The monoisotopic (exact) mass is 984 g/mol. The maximum atomic E-state index is 13.0. The Labute approximate surface area is 405 Å². The Morgan fingerprint density at radius 1 is 0.609 bits per heavy atom. The SMILES string of the molecule is C=C(Cc1c(C)c2ccc(N)cc2oc1=O)N(CCCCCC(=O)ON1C(=O)CCC1=O)CCOCCOCCOCCOCCOCCOCCOCCOCCOCCOCCOCCOC. The smallest absolute Gasteiger partial charge is 0.340 e. The lowest BCUT2D eigenvalue weighted by molar-refractivity contribution is -0.197. The number of benzene rings is 1. The van der Waals surface area contributed by atoms with Crippen LogP contribution in [0.2, 0.25) is 0 Å². The lowest BCUT2D eigenvalue weighted by Gasteiger charge is -2.27. The van der Waals surface area contributed by atoms with Crippen molar-refractivity contribution in [2.24, 2.45) is 0 Å². The molecule has 69 heavy (non-hydrogen) atoms. The first-order chi connectivity index (χ1) is 33.7. The summed E-state index contributed by atoms with van der Waals surface area (Å²) in [4.78, 5) is 55.8. The zero-order valence-electron chi connectivity index (χ0n) is 40.9. The number of ether oxygens (including phenoxy) is 12. The first-order valence-electron chi connectivity index (χ1n) is 23.9. The number of imide groups is 1. The summed E-state index contributed by atoms with van der Waals surface area (Å²) in [7, 11) is 1.64. The third kappa shape index (κ3) is 27.2. The number of nitrogens with two attached hydrogens (primary N) is 1. The Morgan fingerprint density at radius 2 is 1.03 bits per heavy atom. The fourth-order valence-corrected chi connectivity index (χ4v) is 6.53. The molecular formula is C48H77N3O18. The molecule has 0 aliphatic carbocycles. The topological polar surface area (TPSA) is 234 Å². The fourth-order valence-electron chi connectivity index (χ4n) is 6.53. The molecule has 2 amide bonds. The first-order valence-corrected chi connectivity index (χ1v) is 23.9. The third-order valence-electron chi connectivity index (χ3n) is 10.3. The van der Waals surface area contributed by atoms with Crippen molar-refractivity contribution in [2.45, 2.75) is 51.9 Å². The van der Waals surface area contributed by atoms with Crippen LogP contribution in [0.1, 0.15) is 49.7 Å². The van der Waals surface area contributed by atoms with Gasteiger partial charge in [0.05, 0.1) is 152 Å². The van der Waals surface area contributed by atoms with Gasteiger partial charge in [-0.2, -0.15) is 0 Å². The van der Waals surface area contributed by atoms with E-state index in [2.05, 4.69) is 11.5 Å². The molecule has 2 heterocycles. The van der Waals surface area contributed by atoms with E-state index in [0.29, 0.717) is 206 Å². The van der Waals surface area contributed by atoms with E-state index >= 15 is 0 Å². The van der Waals surface area contributed by atoms with E-state index < -0.39 is 23.4 Å². The number of carbonyl (C=O) groups excluding carboxylic acids is 3. The summed E-state index contributed by atoms with van der Waals surface area (Å²) in [6, 6.07) is 5.24. The predicted molar refractivity (Wildman–Crippen MR) is 253 cm³/mol. The Balaban J connectivity index is 1.13. The molecule has 1 aromatic carbocycles. The van der Waals surface area contributed by atoms with Crippen LogP contribution in [0.25, 0.3) is 11.0 Å². The quantitative estimate of drug-likeness (QED) is 0.0435. The van der Waals surface area contributed by atoms with Crippen molar-refractivity contribution >= 4 is 34.4 Å². The molecule has 21 nitrogen and oxygen atoms in total. The van der Waals surface area contributed by atoms with Crippen LogP contribution in [-0.2, 0) is 82.5 Å². The minimum Gasteiger partial charge on any atom is -0.422 e. The van der Waals surface area contributed by atoms with E-state index in [9.17, 15) is 19.2 Å². The highest BCUT2D eigenvalue weighted by Gasteiger charge is 2.32. The number of nitrogen functional groups attached to an aromatic ring is 1. The van der Waals surface area contributed by atoms with Crippen molar-refractivity contribution in [2.75, 3.05) is 178 Å². The molecule has 1 aliphatic rings. The van der Waals surface area contributed by atoms with Crippen LogP contribution in [-0.4, -0.2) is 200 Å². The van der Waals surface area contributed by atoms with Crippen molar-refractivity contribution in [1.29, 1.82) is 0 Å². The molecule has 0 bridgehead atoms. The summed E-state index contributed by atoms with van der Waals surface area (Å²) in [5.74, 6) is -1.64. The molecule has 0 atom stereocenters. The zero-order valence-corrected chi connectivity index (χ0v) is 40.9. The second kappa shape index (κ2) is 38.6. The van der Waals surface area contributed by atoms with Gasteiger partial charge in [0.25, 0.3) is 11.8 Å². The van der Waals surface area contributed by atoms with E-state index in [4.69, 9.17) is 71.8 Å². The van der Waals surface area contributed by atoms with Crippen molar-refractivity contribution in [3.8, 4) is 0 Å². The molecular weight excluding hydrogens is 907 g/mol. The molecule has 0 saturated carbocycles. The highest BCUT2D eigenvalue weighted by atomic mass is 16.7.